The molecule has 0 amide bonds. The molecule has 3 nitrogen and oxygen atoms in total. The minimum absolute atomic E-state index is 0.365. The van der Waals surface area contributed by atoms with Crippen LogP contribution in [-0.2, 0) is 13.0 Å². The van der Waals surface area contributed by atoms with E-state index in [9.17, 15) is 0 Å². The first-order chi connectivity index (χ1) is 7.28. The van der Waals surface area contributed by atoms with E-state index in [1.807, 2.05) is 17.5 Å². The standard InChI is InChI=1S/C11H19N3S/c1-2-10-6-13-11(15-10)8-14-5-3-4-9(12)7-14/h6,9H,2-5,7-8,12H2,1H3. The predicted octanol–water partition coefficient (Wildman–Crippen LogP) is 1.63. The molecule has 84 valence electrons. The van der Waals surface area contributed by atoms with Gasteiger partial charge in [-0.3, -0.25) is 4.90 Å². The maximum atomic E-state index is 5.95. The van der Waals surface area contributed by atoms with Crippen LogP contribution >= 0.6 is 11.3 Å². The van der Waals surface area contributed by atoms with Crippen molar-refractivity contribution >= 4 is 11.3 Å². The molecule has 0 aliphatic carbocycles. The van der Waals surface area contributed by atoms with E-state index in [4.69, 9.17) is 5.73 Å². The van der Waals surface area contributed by atoms with Crippen LogP contribution in [0.25, 0.3) is 0 Å². The molecule has 2 N–H and O–H groups in total. The highest BCUT2D eigenvalue weighted by Crippen LogP contribution is 2.17. The van der Waals surface area contributed by atoms with Gasteiger partial charge < -0.3 is 5.73 Å². The third kappa shape index (κ3) is 3.00. The number of hydrogen-bond acceptors (Lipinski definition) is 4. The molecule has 0 aromatic carbocycles. The Hall–Kier alpha value is -0.450. The summed E-state index contributed by atoms with van der Waals surface area (Å²) in [5.41, 5.74) is 5.95. The Morgan fingerprint density at radius 1 is 1.67 bits per heavy atom. The summed E-state index contributed by atoms with van der Waals surface area (Å²) in [6.07, 6.45) is 5.50. The molecule has 15 heavy (non-hydrogen) atoms. The molecule has 1 aliphatic heterocycles. The second-order valence-electron chi connectivity index (χ2n) is 4.21. The lowest BCUT2D eigenvalue weighted by molar-refractivity contribution is 0.201. The van der Waals surface area contributed by atoms with Gasteiger partial charge in [0.1, 0.15) is 5.01 Å². The van der Waals surface area contributed by atoms with E-state index < -0.39 is 0 Å². The van der Waals surface area contributed by atoms with Crippen molar-refractivity contribution in [2.45, 2.75) is 38.8 Å². The topological polar surface area (TPSA) is 42.2 Å². The second kappa shape index (κ2) is 5.05. The molecule has 1 aliphatic rings. The van der Waals surface area contributed by atoms with Crippen LogP contribution in [0.15, 0.2) is 6.20 Å². The molecule has 1 unspecified atom stereocenters. The summed E-state index contributed by atoms with van der Waals surface area (Å²) in [7, 11) is 0. The molecule has 0 radical (unpaired) electrons. The fourth-order valence-electron chi connectivity index (χ4n) is 2.01. The highest BCUT2D eigenvalue weighted by Gasteiger charge is 2.17. The quantitative estimate of drug-likeness (QED) is 0.850. The highest BCUT2D eigenvalue weighted by molar-refractivity contribution is 7.11. The van der Waals surface area contributed by atoms with Crippen molar-refractivity contribution < 1.29 is 0 Å². The van der Waals surface area contributed by atoms with E-state index in [1.165, 1.54) is 29.3 Å². The van der Waals surface area contributed by atoms with Crippen LogP contribution in [0.4, 0.5) is 0 Å². The predicted molar refractivity (Wildman–Crippen MR) is 64.0 cm³/mol. The van der Waals surface area contributed by atoms with Gasteiger partial charge in [-0.05, 0) is 25.8 Å². The SMILES string of the molecule is CCc1cnc(CN2CCCC(N)C2)s1. The molecule has 1 aromatic heterocycles. The lowest BCUT2D eigenvalue weighted by Gasteiger charge is -2.29. The van der Waals surface area contributed by atoms with Gasteiger partial charge in [-0.1, -0.05) is 6.92 Å². The Morgan fingerprint density at radius 3 is 3.20 bits per heavy atom. The van der Waals surface area contributed by atoms with E-state index in [0.29, 0.717) is 6.04 Å². The summed E-state index contributed by atoms with van der Waals surface area (Å²) in [6.45, 7) is 5.36. The number of rotatable bonds is 3. The Balaban J connectivity index is 1.90. The minimum atomic E-state index is 0.365. The van der Waals surface area contributed by atoms with Crippen LogP contribution in [0.1, 0.15) is 29.7 Å². The highest BCUT2D eigenvalue weighted by atomic mass is 32.1. The van der Waals surface area contributed by atoms with Crippen molar-refractivity contribution in [1.29, 1.82) is 0 Å². The van der Waals surface area contributed by atoms with Gasteiger partial charge in [-0.2, -0.15) is 0 Å². The zero-order chi connectivity index (χ0) is 10.7. The molecule has 0 spiro atoms. The Bertz CT molecular complexity index is 311. The lowest BCUT2D eigenvalue weighted by Crippen LogP contribution is -2.42. The van der Waals surface area contributed by atoms with Gasteiger partial charge in [-0.25, -0.2) is 4.98 Å². The summed E-state index contributed by atoms with van der Waals surface area (Å²) >= 11 is 1.83. The minimum Gasteiger partial charge on any atom is -0.327 e. The van der Waals surface area contributed by atoms with Gasteiger partial charge in [0.2, 0.25) is 0 Å². The first-order valence-electron chi connectivity index (χ1n) is 5.69. The molecule has 4 heteroatoms. The van der Waals surface area contributed by atoms with E-state index in [2.05, 4.69) is 16.8 Å². The summed E-state index contributed by atoms with van der Waals surface area (Å²) in [5.74, 6) is 0. The van der Waals surface area contributed by atoms with E-state index >= 15 is 0 Å². The van der Waals surface area contributed by atoms with Crippen molar-refractivity contribution in [2.75, 3.05) is 13.1 Å². The summed E-state index contributed by atoms with van der Waals surface area (Å²) in [4.78, 5) is 8.25. The molecular weight excluding hydrogens is 206 g/mol. The third-order valence-electron chi connectivity index (χ3n) is 2.85. The van der Waals surface area contributed by atoms with Gasteiger partial charge in [0.15, 0.2) is 0 Å². The van der Waals surface area contributed by atoms with Crippen LogP contribution in [0.2, 0.25) is 0 Å². The van der Waals surface area contributed by atoms with Crippen LogP contribution in [0.5, 0.6) is 0 Å². The van der Waals surface area contributed by atoms with Gasteiger partial charge in [0.25, 0.3) is 0 Å². The first kappa shape index (κ1) is 11.0. The maximum Gasteiger partial charge on any atom is 0.107 e. The number of thiazole rings is 1. The van der Waals surface area contributed by atoms with Crippen LogP contribution in [0.3, 0.4) is 0 Å². The number of aromatic nitrogens is 1. The number of hydrogen-bond donors (Lipinski definition) is 1. The molecular formula is C11H19N3S. The van der Waals surface area contributed by atoms with Gasteiger partial charge >= 0.3 is 0 Å². The Kier molecular flexibility index (Phi) is 3.72. The van der Waals surface area contributed by atoms with Crippen LogP contribution in [0, 0.1) is 0 Å². The fourth-order valence-corrected chi connectivity index (χ4v) is 2.92. The zero-order valence-electron chi connectivity index (χ0n) is 9.28. The summed E-state index contributed by atoms with van der Waals surface area (Å²) in [5, 5.41) is 1.24. The number of aryl methyl sites for hydroxylation is 1. The molecule has 2 rings (SSSR count). The number of nitrogens with two attached hydrogens (primary N) is 1. The lowest BCUT2D eigenvalue weighted by atomic mass is 10.1. The summed E-state index contributed by atoms with van der Waals surface area (Å²) in [6, 6.07) is 0.365. The molecule has 1 atom stereocenters. The summed E-state index contributed by atoms with van der Waals surface area (Å²) < 4.78 is 0. The Labute approximate surface area is 95.3 Å². The zero-order valence-corrected chi connectivity index (χ0v) is 10.1. The average molecular weight is 225 g/mol. The van der Waals surface area contributed by atoms with Gasteiger partial charge in [0.05, 0.1) is 6.54 Å². The maximum absolute atomic E-state index is 5.95. The number of nitrogens with zero attached hydrogens (tertiary/aromatic N) is 2. The average Bonchev–Trinajstić information content (AvgIpc) is 2.65. The molecule has 1 aromatic rings. The number of piperidine rings is 1. The molecule has 0 bridgehead atoms. The first-order valence-corrected chi connectivity index (χ1v) is 6.51. The Morgan fingerprint density at radius 2 is 2.53 bits per heavy atom. The molecule has 2 heterocycles. The van der Waals surface area contributed by atoms with Gasteiger partial charge in [-0.15, -0.1) is 11.3 Å². The van der Waals surface area contributed by atoms with Crippen LogP contribution in [-0.4, -0.2) is 29.0 Å². The van der Waals surface area contributed by atoms with E-state index in [-0.39, 0.29) is 0 Å². The van der Waals surface area contributed by atoms with Crippen molar-refractivity contribution in [2.24, 2.45) is 5.73 Å². The smallest absolute Gasteiger partial charge is 0.107 e. The van der Waals surface area contributed by atoms with Crippen molar-refractivity contribution in [3.05, 3.63) is 16.1 Å². The molecule has 1 saturated heterocycles. The van der Waals surface area contributed by atoms with Crippen molar-refractivity contribution in [3.63, 3.8) is 0 Å². The van der Waals surface area contributed by atoms with Crippen molar-refractivity contribution in [1.82, 2.24) is 9.88 Å². The second-order valence-corrected chi connectivity index (χ2v) is 5.41. The van der Waals surface area contributed by atoms with E-state index in [0.717, 1.165) is 19.5 Å². The molecule has 1 fully saturated rings. The van der Waals surface area contributed by atoms with E-state index in [1.54, 1.807) is 0 Å². The number of likely N-dealkylation sites (tertiary alicyclic amines) is 1. The fraction of sp³-hybridized carbons (Fsp3) is 0.727. The van der Waals surface area contributed by atoms with Gasteiger partial charge in [0, 0.05) is 23.7 Å². The molecule has 0 saturated carbocycles. The normalized spacial score (nSPS) is 23.2. The third-order valence-corrected chi connectivity index (χ3v) is 3.98. The monoisotopic (exact) mass is 225 g/mol. The van der Waals surface area contributed by atoms with Crippen LogP contribution < -0.4 is 5.73 Å². The largest absolute Gasteiger partial charge is 0.327 e. The van der Waals surface area contributed by atoms with Crippen molar-refractivity contribution in [3.8, 4) is 0 Å².